The fourth-order valence-corrected chi connectivity index (χ4v) is 3.11. The lowest BCUT2D eigenvalue weighted by molar-refractivity contribution is 0.199. The van der Waals surface area contributed by atoms with E-state index in [2.05, 4.69) is 36.6 Å². The van der Waals surface area contributed by atoms with Crippen LogP contribution in [-0.2, 0) is 0 Å². The number of thiocarbonyl (C=S) groups is 1. The van der Waals surface area contributed by atoms with Crippen molar-refractivity contribution >= 4 is 22.9 Å². The van der Waals surface area contributed by atoms with Crippen LogP contribution in [-0.4, -0.2) is 42.1 Å². The molecule has 0 bridgehead atoms. The second-order valence-corrected chi connectivity index (χ2v) is 5.70. The van der Waals surface area contributed by atoms with Crippen molar-refractivity contribution < 1.29 is 0 Å². The summed E-state index contributed by atoms with van der Waals surface area (Å²) in [6.07, 6.45) is 0. The maximum atomic E-state index is 5.87. The Labute approximate surface area is 121 Å². The summed E-state index contributed by atoms with van der Waals surface area (Å²) in [5, 5.41) is 0. The molecule has 1 saturated heterocycles. The van der Waals surface area contributed by atoms with Crippen molar-refractivity contribution in [2.45, 2.75) is 26.8 Å². The number of likely N-dealkylation sites (N-methyl/N-ethyl adjacent to an activating group) is 1. The van der Waals surface area contributed by atoms with Gasteiger partial charge in [0.15, 0.2) is 0 Å². The van der Waals surface area contributed by atoms with E-state index in [4.69, 9.17) is 18.0 Å². The molecule has 1 unspecified atom stereocenters. The largest absolute Gasteiger partial charge is 0.389 e. The van der Waals surface area contributed by atoms with Crippen LogP contribution in [0.4, 0.5) is 5.69 Å². The molecule has 19 heavy (non-hydrogen) atoms. The summed E-state index contributed by atoms with van der Waals surface area (Å²) in [4.78, 5) is 5.43. The molecule has 0 spiro atoms. The molecule has 2 N–H and O–H groups in total. The summed E-state index contributed by atoms with van der Waals surface area (Å²) in [6.45, 7) is 10.9. The molecule has 1 aromatic carbocycles. The third kappa shape index (κ3) is 2.90. The lowest BCUT2D eigenvalue weighted by atomic mass is 10.0. The third-order valence-corrected chi connectivity index (χ3v) is 4.21. The summed E-state index contributed by atoms with van der Waals surface area (Å²) in [7, 11) is 0. The molecule has 1 fully saturated rings. The zero-order chi connectivity index (χ0) is 14.0. The Bertz CT molecular complexity index is 472. The molecule has 1 aliphatic rings. The SMILES string of the molecule is CCN1CCN(c2c(C)cccc2C(N)=S)CC1C. The second kappa shape index (κ2) is 5.88. The van der Waals surface area contributed by atoms with E-state index in [0.717, 1.165) is 31.7 Å². The van der Waals surface area contributed by atoms with Crippen LogP contribution in [0.1, 0.15) is 25.0 Å². The molecule has 1 atom stereocenters. The van der Waals surface area contributed by atoms with Crippen LogP contribution in [0.3, 0.4) is 0 Å². The van der Waals surface area contributed by atoms with Gasteiger partial charge in [0, 0.05) is 36.9 Å². The van der Waals surface area contributed by atoms with Gasteiger partial charge in [0.25, 0.3) is 0 Å². The molecule has 0 aromatic heterocycles. The number of para-hydroxylation sites is 1. The highest BCUT2D eigenvalue weighted by Gasteiger charge is 2.25. The minimum absolute atomic E-state index is 0.490. The van der Waals surface area contributed by atoms with Crippen LogP contribution < -0.4 is 10.6 Å². The molecule has 0 aliphatic carbocycles. The Kier molecular flexibility index (Phi) is 4.42. The number of rotatable bonds is 3. The molecule has 1 heterocycles. The highest BCUT2D eigenvalue weighted by Crippen LogP contribution is 2.27. The molecule has 1 aromatic rings. The van der Waals surface area contributed by atoms with Gasteiger partial charge in [-0.3, -0.25) is 4.90 Å². The summed E-state index contributed by atoms with van der Waals surface area (Å²) < 4.78 is 0. The summed E-state index contributed by atoms with van der Waals surface area (Å²) in [5.74, 6) is 0. The molecule has 4 heteroatoms. The standard InChI is InChI=1S/C15H23N3S/c1-4-17-8-9-18(10-12(17)3)14-11(2)6-5-7-13(14)15(16)19/h5-7,12H,4,8-10H2,1-3H3,(H2,16,19). The second-order valence-electron chi connectivity index (χ2n) is 5.26. The van der Waals surface area contributed by atoms with Crippen LogP contribution in [0.5, 0.6) is 0 Å². The van der Waals surface area contributed by atoms with E-state index >= 15 is 0 Å². The summed E-state index contributed by atoms with van der Waals surface area (Å²) in [6, 6.07) is 6.76. The Balaban J connectivity index is 2.30. The Morgan fingerprint density at radius 1 is 1.42 bits per heavy atom. The number of hydrogen-bond acceptors (Lipinski definition) is 3. The lowest BCUT2D eigenvalue weighted by Crippen LogP contribution is -2.52. The summed E-state index contributed by atoms with van der Waals surface area (Å²) >= 11 is 5.19. The number of hydrogen-bond donors (Lipinski definition) is 1. The maximum Gasteiger partial charge on any atom is 0.106 e. The van der Waals surface area contributed by atoms with Gasteiger partial charge in [0.2, 0.25) is 0 Å². The Morgan fingerprint density at radius 2 is 2.16 bits per heavy atom. The lowest BCUT2D eigenvalue weighted by Gasteiger charge is -2.41. The number of piperazine rings is 1. The van der Waals surface area contributed by atoms with Crippen molar-refractivity contribution in [1.29, 1.82) is 0 Å². The first-order chi connectivity index (χ1) is 9.04. The number of benzene rings is 1. The zero-order valence-corrected chi connectivity index (χ0v) is 12.8. The first-order valence-corrected chi connectivity index (χ1v) is 7.33. The van der Waals surface area contributed by atoms with Crippen molar-refractivity contribution in [2.24, 2.45) is 5.73 Å². The van der Waals surface area contributed by atoms with Crippen LogP contribution in [0.15, 0.2) is 18.2 Å². The quantitative estimate of drug-likeness (QED) is 0.858. The van der Waals surface area contributed by atoms with E-state index in [-0.39, 0.29) is 0 Å². The van der Waals surface area contributed by atoms with Gasteiger partial charge >= 0.3 is 0 Å². The fourth-order valence-electron chi connectivity index (χ4n) is 2.95. The minimum atomic E-state index is 0.490. The molecule has 1 aliphatic heterocycles. The minimum Gasteiger partial charge on any atom is -0.389 e. The molecule has 0 saturated carbocycles. The van der Waals surface area contributed by atoms with Crippen molar-refractivity contribution in [3.63, 3.8) is 0 Å². The molecular formula is C15H23N3S. The molecule has 3 nitrogen and oxygen atoms in total. The Hall–Kier alpha value is -1.13. The Morgan fingerprint density at radius 3 is 2.74 bits per heavy atom. The van der Waals surface area contributed by atoms with Gasteiger partial charge in [-0.15, -0.1) is 0 Å². The highest BCUT2D eigenvalue weighted by molar-refractivity contribution is 7.80. The zero-order valence-electron chi connectivity index (χ0n) is 12.0. The van der Waals surface area contributed by atoms with Crippen LogP contribution in [0, 0.1) is 6.92 Å². The number of aryl methyl sites for hydroxylation is 1. The van der Waals surface area contributed by atoms with Gasteiger partial charge in [0.05, 0.1) is 0 Å². The normalized spacial score (nSPS) is 20.6. The monoisotopic (exact) mass is 277 g/mol. The fraction of sp³-hybridized carbons (Fsp3) is 0.533. The average Bonchev–Trinajstić information content (AvgIpc) is 2.38. The van der Waals surface area contributed by atoms with Gasteiger partial charge in [-0.25, -0.2) is 0 Å². The predicted octanol–water partition coefficient (Wildman–Crippen LogP) is 2.16. The van der Waals surface area contributed by atoms with E-state index in [1.807, 2.05) is 12.1 Å². The number of nitrogens with zero attached hydrogens (tertiary/aromatic N) is 2. The van der Waals surface area contributed by atoms with E-state index in [1.54, 1.807) is 0 Å². The van der Waals surface area contributed by atoms with E-state index < -0.39 is 0 Å². The molecule has 0 amide bonds. The maximum absolute atomic E-state index is 5.87. The third-order valence-electron chi connectivity index (χ3n) is 3.99. The van der Waals surface area contributed by atoms with Crippen LogP contribution in [0.2, 0.25) is 0 Å². The van der Waals surface area contributed by atoms with Crippen molar-refractivity contribution in [1.82, 2.24) is 4.90 Å². The van der Waals surface area contributed by atoms with Crippen molar-refractivity contribution in [2.75, 3.05) is 31.1 Å². The molecule has 104 valence electrons. The molecular weight excluding hydrogens is 254 g/mol. The van der Waals surface area contributed by atoms with Gasteiger partial charge in [0.1, 0.15) is 4.99 Å². The number of anilines is 1. The highest BCUT2D eigenvalue weighted by atomic mass is 32.1. The van der Waals surface area contributed by atoms with Crippen LogP contribution >= 0.6 is 12.2 Å². The van der Waals surface area contributed by atoms with Gasteiger partial charge in [-0.1, -0.05) is 31.3 Å². The molecule has 0 radical (unpaired) electrons. The van der Waals surface area contributed by atoms with E-state index in [0.29, 0.717) is 11.0 Å². The summed E-state index contributed by atoms with van der Waals surface area (Å²) in [5.41, 5.74) is 9.35. The van der Waals surface area contributed by atoms with Gasteiger partial charge < -0.3 is 10.6 Å². The van der Waals surface area contributed by atoms with Crippen LogP contribution in [0.25, 0.3) is 0 Å². The predicted molar refractivity (Wildman–Crippen MR) is 86.0 cm³/mol. The van der Waals surface area contributed by atoms with Gasteiger partial charge in [-0.05, 0) is 32.0 Å². The first kappa shape index (κ1) is 14.3. The number of nitrogens with two attached hydrogens (primary N) is 1. The van der Waals surface area contributed by atoms with E-state index in [1.165, 1.54) is 11.3 Å². The van der Waals surface area contributed by atoms with Crippen molar-refractivity contribution in [3.8, 4) is 0 Å². The smallest absolute Gasteiger partial charge is 0.106 e. The van der Waals surface area contributed by atoms with E-state index in [9.17, 15) is 0 Å². The van der Waals surface area contributed by atoms with Gasteiger partial charge in [-0.2, -0.15) is 0 Å². The molecule has 2 rings (SSSR count). The average molecular weight is 277 g/mol. The topological polar surface area (TPSA) is 32.5 Å². The first-order valence-electron chi connectivity index (χ1n) is 6.93. The van der Waals surface area contributed by atoms with Crippen molar-refractivity contribution in [3.05, 3.63) is 29.3 Å².